The summed E-state index contributed by atoms with van der Waals surface area (Å²) in [5.41, 5.74) is 1.76. The Labute approximate surface area is 203 Å². The summed E-state index contributed by atoms with van der Waals surface area (Å²) in [5, 5.41) is 8.88. The van der Waals surface area contributed by atoms with Gasteiger partial charge in [0.2, 0.25) is 5.91 Å². The summed E-state index contributed by atoms with van der Waals surface area (Å²) < 4.78 is 11.1. The largest absolute Gasteiger partial charge is 0.486 e. The van der Waals surface area contributed by atoms with Gasteiger partial charge in [-0.3, -0.25) is 4.79 Å². The number of halogens is 1. The van der Waals surface area contributed by atoms with Crippen molar-refractivity contribution in [2.45, 2.75) is 19.9 Å². The minimum absolute atomic E-state index is 0.0772. The molecule has 0 unspecified atom stereocenters. The highest BCUT2D eigenvalue weighted by Gasteiger charge is 2.12. The number of rotatable bonds is 8. The minimum Gasteiger partial charge on any atom is -0.486 e. The first-order chi connectivity index (χ1) is 16.6. The molecule has 1 aromatic heterocycles. The molecule has 0 radical (unpaired) electrons. The van der Waals surface area contributed by atoms with Gasteiger partial charge in [0, 0.05) is 35.3 Å². The third kappa shape index (κ3) is 6.17. The lowest BCUT2D eigenvalue weighted by Gasteiger charge is -2.18. The standard InChI is InChI=1S/C27H26ClN3O3/c1-2-3-5-22(31-27-23-17-21(28)10-9-20(23)12-13-29-27)6-4-7-26(32)30-18-19-8-11-24-25(16-19)34-15-14-33-24/h2-6,8-13,16-17H,7,14-15,18H2,1H3,(H,29,31)(H,30,32)/b3-2+,6-4-,22-5+. The minimum atomic E-state index is -0.0772. The Hall–Kier alpha value is -3.77. The molecular formula is C27H26ClN3O3. The molecule has 0 saturated carbocycles. The van der Waals surface area contributed by atoms with Crippen molar-refractivity contribution in [3.05, 3.63) is 95.3 Å². The van der Waals surface area contributed by atoms with Gasteiger partial charge in [0.1, 0.15) is 19.0 Å². The van der Waals surface area contributed by atoms with Crippen LogP contribution in [0.15, 0.2) is 84.7 Å². The molecule has 0 bridgehead atoms. The SMILES string of the molecule is C/C=C/C=C(\C=C/CC(=O)NCc1ccc2c(c1)OCCO2)Nc1nccc2ccc(Cl)cc12. The molecule has 4 rings (SSSR count). The smallest absolute Gasteiger partial charge is 0.224 e. The van der Waals surface area contributed by atoms with E-state index < -0.39 is 0 Å². The van der Waals surface area contributed by atoms with Gasteiger partial charge >= 0.3 is 0 Å². The molecule has 1 aliphatic rings. The van der Waals surface area contributed by atoms with Crippen LogP contribution in [-0.2, 0) is 11.3 Å². The van der Waals surface area contributed by atoms with Crippen LogP contribution < -0.4 is 20.1 Å². The molecule has 1 amide bonds. The van der Waals surface area contributed by atoms with Gasteiger partial charge in [-0.25, -0.2) is 4.98 Å². The Kier molecular flexibility index (Phi) is 7.83. The number of fused-ring (bicyclic) bond motifs is 2. The van der Waals surface area contributed by atoms with E-state index >= 15 is 0 Å². The van der Waals surface area contributed by atoms with E-state index in [0.717, 1.165) is 27.8 Å². The summed E-state index contributed by atoms with van der Waals surface area (Å²) in [5.74, 6) is 2.07. The van der Waals surface area contributed by atoms with Gasteiger partial charge in [0.25, 0.3) is 0 Å². The number of ether oxygens (including phenoxy) is 2. The molecule has 7 heteroatoms. The molecule has 0 aliphatic carbocycles. The summed E-state index contributed by atoms with van der Waals surface area (Å²) in [6.07, 6.45) is 11.5. The normalized spacial score (nSPS) is 13.5. The second kappa shape index (κ2) is 11.4. The summed E-state index contributed by atoms with van der Waals surface area (Å²) in [6, 6.07) is 13.3. The number of carbonyl (C=O) groups excluding carboxylic acids is 1. The Morgan fingerprint density at radius 1 is 1.12 bits per heavy atom. The fraction of sp³-hybridized carbons (Fsp3) is 0.185. The topological polar surface area (TPSA) is 72.5 Å². The number of benzene rings is 2. The van der Waals surface area contributed by atoms with Crippen LogP contribution in [0.3, 0.4) is 0 Å². The number of nitrogens with one attached hydrogen (secondary N) is 2. The van der Waals surface area contributed by atoms with Crippen LogP contribution in [0.2, 0.25) is 5.02 Å². The fourth-order valence-corrected chi connectivity index (χ4v) is 3.65. The molecule has 2 aromatic carbocycles. The predicted molar refractivity (Wildman–Crippen MR) is 136 cm³/mol. The van der Waals surface area contributed by atoms with Crippen LogP contribution in [0.4, 0.5) is 5.82 Å². The first-order valence-corrected chi connectivity index (χ1v) is 11.5. The van der Waals surface area contributed by atoms with Crippen LogP contribution in [0.1, 0.15) is 18.9 Å². The summed E-state index contributed by atoms with van der Waals surface area (Å²) in [4.78, 5) is 16.8. The van der Waals surface area contributed by atoms with E-state index in [4.69, 9.17) is 21.1 Å². The Morgan fingerprint density at radius 2 is 1.97 bits per heavy atom. The maximum atomic E-state index is 12.4. The van der Waals surface area contributed by atoms with E-state index in [2.05, 4.69) is 15.6 Å². The van der Waals surface area contributed by atoms with Crippen molar-refractivity contribution < 1.29 is 14.3 Å². The zero-order valence-corrected chi connectivity index (χ0v) is 19.6. The lowest BCUT2D eigenvalue weighted by Crippen LogP contribution is -2.22. The van der Waals surface area contributed by atoms with Crippen LogP contribution >= 0.6 is 11.6 Å². The number of amides is 1. The van der Waals surface area contributed by atoms with E-state index in [1.54, 1.807) is 6.20 Å². The van der Waals surface area contributed by atoms with E-state index in [9.17, 15) is 4.79 Å². The van der Waals surface area contributed by atoms with Gasteiger partial charge in [-0.15, -0.1) is 0 Å². The van der Waals surface area contributed by atoms with Crippen molar-refractivity contribution in [2.75, 3.05) is 18.5 Å². The molecule has 174 valence electrons. The first-order valence-electron chi connectivity index (χ1n) is 11.1. The van der Waals surface area contributed by atoms with Crippen LogP contribution in [0.5, 0.6) is 11.5 Å². The summed E-state index contributed by atoms with van der Waals surface area (Å²) >= 11 is 6.19. The van der Waals surface area contributed by atoms with Gasteiger partial charge in [0.15, 0.2) is 11.5 Å². The molecule has 0 fully saturated rings. The molecule has 0 atom stereocenters. The zero-order chi connectivity index (χ0) is 23.8. The molecule has 34 heavy (non-hydrogen) atoms. The molecular weight excluding hydrogens is 450 g/mol. The van der Waals surface area contributed by atoms with Crippen molar-refractivity contribution in [3.8, 4) is 11.5 Å². The average Bonchev–Trinajstić information content (AvgIpc) is 2.86. The van der Waals surface area contributed by atoms with Crippen LogP contribution in [0, 0.1) is 0 Å². The maximum absolute atomic E-state index is 12.4. The number of aromatic nitrogens is 1. The molecule has 1 aliphatic heterocycles. The van der Waals surface area contributed by atoms with E-state index in [-0.39, 0.29) is 12.3 Å². The van der Waals surface area contributed by atoms with E-state index in [1.165, 1.54) is 0 Å². The zero-order valence-electron chi connectivity index (χ0n) is 18.9. The molecule has 2 heterocycles. The Morgan fingerprint density at radius 3 is 2.82 bits per heavy atom. The Balaban J connectivity index is 1.37. The highest BCUT2D eigenvalue weighted by molar-refractivity contribution is 6.31. The third-order valence-electron chi connectivity index (χ3n) is 5.16. The maximum Gasteiger partial charge on any atom is 0.224 e. The number of pyridine rings is 1. The van der Waals surface area contributed by atoms with Crippen molar-refractivity contribution in [1.82, 2.24) is 10.3 Å². The van der Waals surface area contributed by atoms with Gasteiger partial charge in [0.05, 0.1) is 0 Å². The van der Waals surface area contributed by atoms with Gasteiger partial charge in [-0.05, 0) is 60.4 Å². The Bertz CT molecular complexity index is 1270. The van der Waals surface area contributed by atoms with Crippen molar-refractivity contribution in [2.24, 2.45) is 0 Å². The van der Waals surface area contributed by atoms with Gasteiger partial charge < -0.3 is 20.1 Å². The average molecular weight is 476 g/mol. The van der Waals surface area contributed by atoms with Crippen molar-refractivity contribution in [1.29, 1.82) is 0 Å². The predicted octanol–water partition coefficient (Wildman–Crippen LogP) is 5.79. The molecule has 0 saturated heterocycles. The van der Waals surface area contributed by atoms with Gasteiger partial charge in [-0.1, -0.05) is 42.0 Å². The number of anilines is 1. The number of hydrogen-bond acceptors (Lipinski definition) is 5. The van der Waals surface area contributed by atoms with Crippen molar-refractivity contribution >= 4 is 34.1 Å². The molecule has 2 N–H and O–H groups in total. The molecule has 0 spiro atoms. The first kappa shape index (κ1) is 23.4. The van der Waals surface area contributed by atoms with E-state index in [0.29, 0.717) is 36.3 Å². The second-order valence-electron chi connectivity index (χ2n) is 7.66. The van der Waals surface area contributed by atoms with E-state index in [1.807, 2.05) is 79.8 Å². The van der Waals surface area contributed by atoms with Crippen LogP contribution in [0.25, 0.3) is 10.8 Å². The van der Waals surface area contributed by atoms with Gasteiger partial charge in [-0.2, -0.15) is 0 Å². The highest BCUT2D eigenvalue weighted by Crippen LogP contribution is 2.30. The third-order valence-corrected chi connectivity index (χ3v) is 5.39. The monoisotopic (exact) mass is 475 g/mol. The highest BCUT2D eigenvalue weighted by atomic mass is 35.5. The quantitative estimate of drug-likeness (QED) is 0.403. The lowest BCUT2D eigenvalue weighted by molar-refractivity contribution is -0.120. The lowest BCUT2D eigenvalue weighted by atomic mass is 10.1. The number of hydrogen-bond donors (Lipinski definition) is 2. The molecule has 6 nitrogen and oxygen atoms in total. The molecule has 3 aromatic rings. The number of allylic oxidation sites excluding steroid dienone is 4. The summed E-state index contributed by atoms with van der Waals surface area (Å²) in [7, 11) is 0. The fourth-order valence-electron chi connectivity index (χ4n) is 3.48. The second-order valence-corrected chi connectivity index (χ2v) is 8.10. The summed E-state index contributed by atoms with van der Waals surface area (Å²) in [6.45, 7) is 3.45. The number of carbonyl (C=O) groups is 1. The van der Waals surface area contributed by atoms with Crippen molar-refractivity contribution in [3.63, 3.8) is 0 Å². The number of nitrogens with zero attached hydrogens (tertiary/aromatic N) is 1. The van der Waals surface area contributed by atoms with Crippen LogP contribution in [-0.4, -0.2) is 24.1 Å².